The van der Waals surface area contributed by atoms with Crippen LogP contribution in [0.3, 0.4) is 0 Å². The Balaban J connectivity index is 2.77. The molecule has 1 N–H and O–H groups in total. The van der Waals surface area contributed by atoms with Crippen LogP contribution < -0.4 is 5.32 Å². The summed E-state index contributed by atoms with van der Waals surface area (Å²) in [5.41, 5.74) is 0.0811. The molecule has 1 rings (SSSR count). The molecule has 0 atom stereocenters. The van der Waals surface area contributed by atoms with Crippen LogP contribution >= 0.6 is 11.6 Å². The first kappa shape index (κ1) is 11.9. The van der Waals surface area contributed by atoms with Gasteiger partial charge in [0.1, 0.15) is 5.54 Å². The maximum Gasteiger partial charge on any atom is 0.330 e. The lowest BCUT2D eigenvalue weighted by Gasteiger charge is -2.24. The van der Waals surface area contributed by atoms with Crippen molar-refractivity contribution in [2.24, 2.45) is 0 Å². The van der Waals surface area contributed by atoms with Crippen LogP contribution in [0.1, 0.15) is 13.8 Å². The van der Waals surface area contributed by atoms with Gasteiger partial charge in [-0.15, -0.1) is 0 Å². The molecule has 0 unspecified atom stereocenters. The molecule has 0 radical (unpaired) electrons. The molecule has 0 aromatic heterocycles. The van der Waals surface area contributed by atoms with Crippen molar-refractivity contribution >= 4 is 23.3 Å². The predicted octanol–water partition coefficient (Wildman–Crippen LogP) is 2.70. The molecule has 3 nitrogen and oxygen atoms in total. The number of methoxy groups -OCH3 is 1. The minimum Gasteiger partial charge on any atom is -0.467 e. The normalized spacial score (nSPS) is 10.9. The van der Waals surface area contributed by atoms with Crippen LogP contribution in [0, 0.1) is 0 Å². The molecular formula is C11H14ClNO2. The van der Waals surface area contributed by atoms with Gasteiger partial charge in [-0.2, -0.15) is 0 Å². The van der Waals surface area contributed by atoms with Gasteiger partial charge in [0.2, 0.25) is 0 Å². The number of hydrogen-bond donors (Lipinski definition) is 1. The average molecular weight is 228 g/mol. The highest BCUT2D eigenvalue weighted by Gasteiger charge is 2.28. The maximum absolute atomic E-state index is 11.4. The smallest absolute Gasteiger partial charge is 0.330 e. The molecule has 0 bridgehead atoms. The zero-order valence-corrected chi connectivity index (χ0v) is 9.76. The summed E-state index contributed by atoms with van der Waals surface area (Å²) in [6.07, 6.45) is 0. The van der Waals surface area contributed by atoms with E-state index >= 15 is 0 Å². The van der Waals surface area contributed by atoms with Gasteiger partial charge in [0.25, 0.3) is 0 Å². The summed E-state index contributed by atoms with van der Waals surface area (Å²) in [5, 5.41) is 3.73. The topological polar surface area (TPSA) is 38.3 Å². The van der Waals surface area contributed by atoms with E-state index in [4.69, 9.17) is 11.6 Å². The zero-order chi connectivity index (χ0) is 11.5. The number of ether oxygens (including phenoxy) is 1. The fourth-order valence-electron chi connectivity index (χ4n) is 1.20. The highest BCUT2D eigenvalue weighted by atomic mass is 35.5. The quantitative estimate of drug-likeness (QED) is 0.807. The van der Waals surface area contributed by atoms with Gasteiger partial charge >= 0.3 is 5.97 Å². The van der Waals surface area contributed by atoms with Gasteiger partial charge in [-0.25, -0.2) is 4.79 Å². The van der Waals surface area contributed by atoms with Crippen molar-refractivity contribution < 1.29 is 9.53 Å². The molecule has 0 spiro atoms. The molecule has 0 aliphatic rings. The molecule has 0 aliphatic carbocycles. The molecule has 0 saturated heterocycles. The summed E-state index contributed by atoms with van der Waals surface area (Å²) < 4.78 is 4.68. The van der Waals surface area contributed by atoms with Gasteiger partial charge in [0.05, 0.1) is 7.11 Å². The summed E-state index contributed by atoms with van der Waals surface area (Å²) in [7, 11) is 1.37. The van der Waals surface area contributed by atoms with Crippen LogP contribution in [0.15, 0.2) is 24.3 Å². The molecule has 1 aromatic carbocycles. The Kier molecular flexibility index (Phi) is 3.58. The Labute approximate surface area is 94.4 Å². The van der Waals surface area contributed by atoms with Crippen molar-refractivity contribution in [2.75, 3.05) is 12.4 Å². The van der Waals surface area contributed by atoms with Crippen molar-refractivity contribution in [1.82, 2.24) is 0 Å². The van der Waals surface area contributed by atoms with E-state index in [1.54, 1.807) is 26.0 Å². The number of hydrogen-bond acceptors (Lipinski definition) is 3. The van der Waals surface area contributed by atoms with Crippen molar-refractivity contribution in [1.29, 1.82) is 0 Å². The summed E-state index contributed by atoms with van der Waals surface area (Å²) in [4.78, 5) is 11.4. The number of esters is 1. The third-order valence-corrected chi connectivity index (χ3v) is 2.25. The highest BCUT2D eigenvalue weighted by molar-refractivity contribution is 6.30. The van der Waals surface area contributed by atoms with E-state index in [1.165, 1.54) is 7.11 Å². The Bertz CT molecular complexity index is 346. The number of nitrogens with one attached hydrogen (secondary N) is 1. The van der Waals surface area contributed by atoms with E-state index in [0.29, 0.717) is 5.02 Å². The standard InChI is InChI=1S/C11H14ClNO2/c1-11(2,10(14)15-3)13-9-6-4-8(12)5-7-9/h4-7,13H,1-3H3. The van der Waals surface area contributed by atoms with Gasteiger partial charge < -0.3 is 10.1 Å². The van der Waals surface area contributed by atoms with Crippen molar-refractivity contribution in [2.45, 2.75) is 19.4 Å². The highest BCUT2D eigenvalue weighted by Crippen LogP contribution is 2.18. The summed E-state index contributed by atoms with van der Waals surface area (Å²) in [5.74, 6) is -0.308. The second-order valence-corrected chi connectivity index (χ2v) is 4.18. The number of rotatable bonds is 3. The third kappa shape index (κ3) is 3.13. The number of benzene rings is 1. The van der Waals surface area contributed by atoms with E-state index in [2.05, 4.69) is 10.1 Å². The summed E-state index contributed by atoms with van der Waals surface area (Å²) in [6.45, 7) is 3.51. The number of anilines is 1. The minimum absolute atomic E-state index is 0.308. The zero-order valence-electron chi connectivity index (χ0n) is 9.00. The molecule has 0 aliphatic heterocycles. The van der Waals surface area contributed by atoms with Gasteiger partial charge in [-0.1, -0.05) is 11.6 Å². The number of carbonyl (C=O) groups excluding carboxylic acids is 1. The molecule has 0 fully saturated rings. The Morgan fingerprint density at radius 2 is 1.87 bits per heavy atom. The maximum atomic E-state index is 11.4. The molecule has 0 saturated carbocycles. The molecular weight excluding hydrogens is 214 g/mol. The second kappa shape index (κ2) is 4.53. The SMILES string of the molecule is COC(=O)C(C)(C)Nc1ccc(Cl)cc1. The van der Waals surface area contributed by atoms with Crippen LogP contribution in [-0.2, 0) is 9.53 Å². The van der Waals surface area contributed by atoms with Crippen LogP contribution in [0.25, 0.3) is 0 Å². The van der Waals surface area contributed by atoms with Crippen LogP contribution in [0.4, 0.5) is 5.69 Å². The van der Waals surface area contributed by atoms with Crippen molar-refractivity contribution in [3.63, 3.8) is 0 Å². The molecule has 15 heavy (non-hydrogen) atoms. The lowest BCUT2D eigenvalue weighted by atomic mass is 10.1. The van der Waals surface area contributed by atoms with Crippen molar-refractivity contribution in [3.8, 4) is 0 Å². The first-order valence-electron chi connectivity index (χ1n) is 4.58. The van der Waals surface area contributed by atoms with Gasteiger partial charge in [-0.3, -0.25) is 0 Å². The van der Waals surface area contributed by atoms with E-state index < -0.39 is 5.54 Å². The molecule has 82 valence electrons. The predicted molar refractivity (Wildman–Crippen MR) is 61.2 cm³/mol. The molecule has 1 aromatic rings. The number of halogens is 1. The van der Waals surface area contributed by atoms with E-state index in [1.807, 2.05) is 12.1 Å². The van der Waals surface area contributed by atoms with E-state index in [-0.39, 0.29) is 5.97 Å². The molecule has 0 amide bonds. The Hall–Kier alpha value is -1.22. The van der Waals surface area contributed by atoms with Gasteiger partial charge in [0.15, 0.2) is 0 Å². The lowest BCUT2D eigenvalue weighted by molar-refractivity contribution is -0.144. The average Bonchev–Trinajstić information content (AvgIpc) is 2.20. The van der Waals surface area contributed by atoms with Crippen LogP contribution in [-0.4, -0.2) is 18.6 Å². The summed E-state index contributed by atoms with van der Waals surface area (Å²) >= 11 is 5.75. The second-order valence-electron chi connectivity index (χ2n) is 3.75. The Morgan fingerprint density at radius 1 is 1.33 bits per heavy atom. The molecule has 0 heterocycles. The lowest BCUT2D eigenvalue weighted by Crippen LogP contribution is -2.41. The largest absolute Gasteiger partial charge is 0.467 e. The van der Waals surface area contributed by atoms with Gasteiger partial charge in [0, 0.05) is 10.7 Å². The van der Waals surface area contributed by atoms with Gasteiger partial charge in [-0.05, 0) is 38.1 Å². The summed E-state index contributed by atoms with van der Waals surface area (Å²) in [6, 6.07) is 7.15. The minimum atomic E-state index is -0.747. The fourth-order valence-corrected chi connectivity index (χ4v) is 1.33. The van der Waals surface area contributed by atoms with E-state index in [0.717, 1.165) is 5.69 Å². The first-order valence-corrected chi connectivity index (χ1v) is 4.95. The molecule has 4 heteroatoms. The first-order chi connectivity index (χ1) is 6.95. The van der Waals surface area contributed by atoms with Crippen LogP contribution in [0.5, 0.6) is 0 Å². The Morgan fingerprint density at radius 3 is 2.33 bits per heavy atom. The van der Waals surface area contributed by atoms with E-state index in [9.17, 15) is 4.79 Å². The monoisotopic (exact) mass is 227 g/mol. The fraction of sp³-hybridized carbons (Fsp3) is 0.364. The van der Waals surface area contributed by atoms with Crippen molar-refractivity contribution in [3.05, 3.63) is 29.3 Å². The number of carbonyl (C=O) groups is 1. The third-order valence-electron chi connectivity index (χ3n) is 2.00. The van der Waals surface area contributed by atoms with Crippen LogP contribution in [0.2, 0.25) is 5.02 Å².